The highest BCUT2D eigenvalue weighted by Crippen LogP contribution is 2.75. The molecule has 1 fully saturated rings. The Labute approximate surface area is 196 Å². The molecule has 0 aromatic heterocycles. The summed E-state index contributed by atoms with van der Waals surface area (Å²) in [6, 6.07) is 23.4. The summed E-state index contributed by atoms with van der Waals surface area (Å²) in [4.78, 5) is 13.0. The molecule has 0 radical (unpaired) electrons. The van der Waals surface area contributed by atoms with Crippen LogP contribution in [0.2, 0.25) is 0 Å². The second-order valence-corrected chi connectivity index (χ2v) is 8.68. The van der Waals surface area contributed by atoms with E-state index < -0.39 is 21.6 Å². The molecular formula is C25H19Cl2NO4. The van der Waals surface area contributed by atoms with Crippen LogP contribution in [0.15, 0.2) is 78.9 Å². The lowest BCUT2D eigenvalue weighted by Crippen LogP contribution is -2.28. The molecule has 0 amide bonds. The predicted octanol–water partition coefficient (Wildman–Crippen LogP) is 6.11. The van der Waals surface area contributed by atoms with Gasteiger partial charge in [-0.2, -0.15) is 0 Å². The van der Waals surface area contributed by atoms with Crippen LogP contribution < -0.4 is 9.47 Å². The topological polar surface area (TPSA) is 68.5 Å². The predicted molar refractivity (Wildman–Crippen MR) is 121 cm³/mol. The molecule has 3 aromatic rings. The Morgan fingerprint density at radius 3 is 2.31 bits per heavy atom. The summed E-state index contributed by atoms with van der Waals surface area (Å²) in [5, 5.41) is 9.00. The highest BCUT2D eigenvalue weighted by atomic mass is 35.5. The molecular weight excluding hydrogens is 449 g/mol. The SMILES string of the molecule is CCOc1ccc(C2(C(=O)OC#N)C(c3cccc(Oc4ccccc4)c3)C2(Cl)Cl)cc1. The summed E-state index contributed by atoms with van der Waals surface area (Å²) in [6.45, 7) is 2.39. The van der Waals surface area contributed by atoms with E-state index in [-0.39, 0.29) is 0 Å². The average molecular weight is 468 g/mol. The number of nitriles is 1. The van der Waals surface area contributed by atoms with E-state index in [1.54, 1.807) is 42.5 Å². The summed E-state index contributed by atoms with van der Waals surface area (Å²) in [5.41, 5.74) is -0.236. The minimum atomic E-state index is -1.53. The maximum Gasteiger partial charge on any atom is 0.336 e. The lowest BCUT2D eigenvalue weighted by molar-refractivity contribution is -0.140. The number of halogens is 2. The monoisotopic (exact) mass is 467 g/mol. The fourth-order valence-corrected chi connectivity index (χ4v) is 5.14. The standard InChI is InChI=1S/C25H19Cl2NO4/c1-2-30-19-13-11-18(12-14-19)24(23(29)31-16-28)22(25(24,26)27)17-7-6-10-21(15-17)32-20-8-4-3-5-9-20/h3-15,22H,2H2,1H3. The van der Waals surface area contributed by atoms with Crippen LogP contribution in [0, 0.1) is 11.5 Å². The van der Waals surface area contributed by atoms with Crippen molar-refractivity contribution in [3.8, 4) is 23.5 Å². The van der Waals surface area contributed by atoms with Crippen molar-refractivity contribution in [2.75, 3.05) is 6.61 Å². The number of carbonyl (C=O) groups is 1. The first-order chi connectivity index (χ1) is 15.4. The molecule has 0 saturated heterocycles. The van der Waals surface area contributed by atoms with Gasteiger partial charge in [-0.25, -0.2) is 4.79 Å². The van der Waals surface area contributed by atoms with Crippen molar-refractivity contribution >= 4 is 29.2 Å². The first-order valence-corrected chi connectivity index (χ1v) is 10.7. The molecule has 0 spiro atoms. The zero-order valence-electron chi connectivity index (χ0n) is 17.1. The molecule has 3 aromatic carbocycles. The minimum Gasteiger partial charge on any atom is -0.494 e. The Morgan fingerprint density at radius 1 is 0.969 bits per heavy atom. The second kappa shape index (κ2) is 8.74. The third-order valence-corrected chi connectivity index (χ3v) is 6.52. The van der Waals surface area contributed by atoms with Gasteiger partial charge in [0.15, 0.2) is 0 Å². The number of para-hydroxylation sites is 1. The summed E-state index contributed by atoms with van der Waals surface area (Å²) in [6.07, 6.45) is 1.45. The number of esters is 1. The summed E-state index contributed by atoms with van der Waals surface area (Å²) < 4.78 is 14.6. The number of nitrogens with zero attached hydrogens (tertiary/aromatic N) is 1. The number of hydrogen-bond acceptors (Lipinski definition) is 5. The van der Waals surface area contributed by atoms with Gasteiger partial charge in [0, 0.05) is 5.92 Å². The summed E-state index contributed by atoms with van der Waals surface area (Å²) in [7, 11) is 0. The quantitative estimate of drug-likeness (QED) is 0.238. The highest BCUT2D eigenvalue weighted by molar-refractivity contribution is 6.55. The number of hydrogen-bond donors (Lipinski definition) is 0. The molecule has 1 saturated carbocycles. The van der Waals surface area contributed by atoms with Crippen molar-refractivity contribution in [2.45, 2.75) is 22.6 Å². The number of ether oxygens (including phenoxy) is 3. The van der Waals surface area contributed by atoms with E-state index in [0.29, 0.717) is 35.0 Å². The molecule has 4 rings (SSSR count). The molecule has 162 valence electrons. The zero-order chi connectivity index (χ0) is 22.8. The molecule has 2 unspecified atom stereocenters. The van der Waals surface area contributed by atoms with Crippen LogP contribution in [0.1, 0.15) is 24.0 Å². The van der Waals surface area contributed by atoms with Crippen molar-refractivity contribution in [1.82, 2.24) is 0 Å². The Kier molecular flexibility index (Phi) is 6.01. The fourth-order valence-electron chi connectivity index (χ4n) is 4.08. The van der Waals surface area contributed by atoms with E-state index in [9.17, 15) is 4.79 Å². The number of alkyl halides is 2. The molecule has 7 heteroatoms. The normalized spacial score (nSPS) is 20.6. The molecule has 0 aliphatic heterocycles. The van der Waals surface area contributed by atoms with Crippen molar-refractivity contribution in [1.29, 1.82) is 5.26 Å². The highest BCUT2D eigenvalue weighted by Gasteiger charge is 2.82. The van der Waals surface area contributed by atoms with E-state index in [1.807, 2.05) is 43.3 Å². The zero-order valence-corrected chi connectivity index (χ0v) is 18.6. The van der Waals surface area contributed by atoms with Crippen LogP contribution in [-0.4, -0.2) is 16.9 Å². The molecule has 1 aliphatic carbocycles. The van der Waals surface area contributed by atoms with Crippen LogP contribution in [-0.2, 0) is 14.9 Å². The maximum atomic E-state index is 13.0. The Bertz CT molecular complexity index is 1160. The van der Waals surface area contributed by atoms with Crippen LogP contribution in [0.3, 0.4) is 0 Å². The number of carbonyl (C=O) groups excluding carboxylic acids is 1. The van der Waals surface area contributed by atoms with Crippen molar-refractivity contribution in [3.63, 3.8) is 0 Å². The third kappa shape index (κ3) is 3.66. The van der Waals surface area contributed by atoms with E-state index in [1.165, 1.54) is 6.26 Å². The molecule has 0 N–H and O–H groups in total. The fraction of sp³-hybridized carbons (Fsp3) is 0.200. The van der Waals surface area contributed by atoms with Crippen LogP contribution in [0.5, 0.6) is 17.2 Å². The van der Waals surface area contributed by atoms with E-state index in [0.717, 1.165) is 0 Å². The average Bonchev–Trinajstić information content (AvgIpc) is 3.32. The molecule has 5 nitrogen and oxygen atoms in total. The summed E-state index contributed by atoms with van der Waals surface area (Å²) >= 11 is 13.5. The summed E-state index contributed by atoms with van der Waals surface area (Å²) in [5.74, 6) is 0.416. The van der Waals surface area contributed by atoms with Crippen LogP contribution in [0.4, 0.5) is 0 Å². The van der Waals surface area contributed by atoms with E-state index in [2.05, 4.69) is 0 Å². The Hall–Kier alpha value is -3.20. The van der Waals surface area contributed by atoms with Crippen LogP contribution >= 0.6 is 23.2 Å². The minimum absolute atomic E-state index is 0.507. The molecule has 2 atom stereocenters. The van der Waals surface area contributed by atoms with Gasteiger partial charge < -0.3 is 14.2 Å². The number of benzene rings is 3. The van der Waals surface area contributed by atoms with Crippen molar-refractivity contribution < 1.29 is 19.0 Å². The Balaban J connectivity index is 1.74. The van der Waals surface area contributed by atoms with Gasteiger partial charge in [-0.1, -0.05) is 65.7 Å². The smallest absolute Gasteiger partial charge is 0.336 e. The second-order valence-electron chi connectivity index (χ2n) is 7.29. The van der Waals surface area contributed by atoms with Gasteiger partial charge in [-0.3, -0.25) is 0 Å². The van der Waals surface area contributed by atoms with Crippen molar-refractivity contribution in [2.24, 2.45) is 0 Å². The molecule has 0 heterocycles. The van der Waals surface area contributed by atoms with Gasteiger partial charge >= 0.3 is 5.97 Å². The van der Waals surface area contributed by atoms with Gasteiger partial charge in [0.05, 0.1) is 6.61 Å². The van der Waals surface area contributed by atoms with Gasteiger partial charge in [0.25, 0.3) is 6.26 Å². The van der Waals surface area contributed by atoms with E-state index >= 15 is 0 Å². The maximum absolute atomic E-state index is 13.0. The number of rotatable bonds is 7. The van der Waals surface area contributed by atoms with Crippen molar-refractivity contribution in [3.05, 3.63) is 90.0 Å². The molecule has 32 heavy (non-hydrogen) atoms. The van der Waals surface area contributed by atoms with Gasteiger partial charge in [-0.05, 0) is 54.4 Å². The first-order valence-electron chi connectivity index (χ1n) is 9.99. The van der Waals surface area contributed by atoms with Gasteiger partial charge in [0.2, 0.25) is 0 Å². The van der Waals surface area contributed by atoms with Gasteiger partial charge in [0.1, 0.15) is 27.0 Å². The Morgan fingerprint density at radius 2 is 1.66 bits per heavy atom. The molecule has 1 aliphatic rings. The lowest BCUT2D eigenvalue weighted by atomic mass is 9.90. The largest absolute Gasteiger partial charge is 0.494 e. The first kappa shape index (κ1) is 22.0. The third-order valence-electron chi connectivity index (χ3n) is 5.49. The lowest BCUT2D eigenvalue weighted by Gasteiger charge is -2.16. The van der Waals surface area contributed by atoms with Gasteiger partial charge in [-0.15, -0.1) is 5.26 Å². The molecule has 0 bridgehead atoms. The van der Waals surface area contributed by atoms with E-state index in [4.69, 9.17) is 42.7 Å². The van der Waals surface area contributed by atoms with Crippen LogP contribution in [0.25, 0.3) is 0 Å².